The molecular formula is C14H14N2O4. The van der Waals surface area contributed by atoms with Crippen LogP contribution in [0.25, 0.3) is 0 Å². The van der Waals surface area contributed by atoms with Crippen LogP contribution < -0.4 is 15.9 Å². The van der Waals surface area contributed by atoms with Gasteiger partial charge in [0, 0.05) is 25.0 Å². The summed E-state index contributed by atoms with van der Waals surface area (Å²) in [6.45, 7) is -0.178. The van der Waals surface area contributed by atoms with E-state index in [9.17, 15) is 14.4 Å². The molecule has 0 amide bonds. The third-order valence-electron chi connectivity index (χ3n) is 2.94. The second-order valence-electron chi connectivity index (χ2n) is 4.30. The average molecular weight is 274 g/mol. The molecule has 0 saturated carbocycles. The molecule has 0 saturated heterocycles. The third kappa shape index (κ3) is 2.69. The zero-order valence-corrected chi connectivity index (χ0v) is 11.2. The van der Waals surface area contributed by atoms with Gasteiger partial charge in [0.25, 0.3) is 0 Å². The molecule has 1 aromatic carbocycles. The van der Waals surface area contributed by atoms with E-state index >= 15 is 0 Å². The number of carbonyl (C=O) groups is 1. The molecule has 0 aliphatic heterocycles. The standard InChI is InChI=1S/C14H14N2O4/c1-15-6-7-16(14(19)13(15)18)9-12(17)10-4-3-5-11(8-10)20-2/h3-8H,9H2,1-2H3. The van der Waals surface area contributed by atoms with E-state index in [1.165, 1.54) is 31.1 Å². The molecule has 0 N–H and O–H groups in total. The smallest absolute Gasteiger partial charge is 0.316 e. The number of benzene rings is 1. The lowest BCUT2D eigenvalue weighted by molar-refractivity contribution is 0.0970. The van der Waals surface area contributed by atoms with Gasteiger partial charge in [-0.3, -0.25) is 14.4 Å². The molecule has 0 radical (unpaired) electrons. The number of ether oxygens (including phenoxy) is 1. The van der Waals surface area contributed by atoms with E-state index in [0.29, 0.717) is 11.3 Å². The van der Waals surface area contributed by atoms with Crippen LogP contribution in [0.15, 0.2) is 46.2 Å². The minimum atomic E-state index is -0.716. The number of aromatic nitrogens is 2. The van der Waals surface area contributed by atoms with E-state index in [1.807, 2.05) is 0 Å². The summed E-state index contributed by atoms with van der Waals surface area (Å²) in [6.07, 6.45) is 2.87. The van der Waals surface area contributed by atoms with Crippen molar-refractivity contribution >= 4 is 5.78 Å². The number of aryl methyl sites for hydroxylation is 1. The van der Waals surface area contributed by atoms with E-state index in [0.717, 1.165) is 4.57 Å². The molecule has 0 bridgehead atoms. The van der Waals surface area contributed by atoms with Crippen molar-refractivity contribution in [1.29, 1.82) is 0 Å². The Hall–Kier alpha value is -2.63. The molecule has 1 heterocycles. The van der Waals surface area contributed by atoms with Crippen LogP contribution in [0.4, 0.5) is 0 Å². The normalized spacial score (nSPS) is 10.3. The number of nitrogens with zero attached hydrogens (tertiary/aromatic N) is 2. The molecule has 104 valence electrons. The SMILES string of the molecule is COc1cccc(C(=O)Cn2ccn(C)c(=O)c2=O)c1. The van der Waals surface area contributed by atoms with E-state index in [2.05, 4.69) is 0 Å². The van der Waals surface area contributed by atoms with E-state index < -0.39 is 11.1 Å². The number of Topliss-reactive ketones (excluding diaryl/α,β-unsaturated/α-hetero) is 1. The lowest BCUT2D eigenvalue weighted by Gasteiger charge is -2.06. The molecule has 0 spiro atoms. The van der Waals surface area contributed by atoms with Gasteiger partial charge in [-0.1, -0.05) is 12.1 Å². The lowest BCUT2D eigenvalue weighted by atomic mass is 10.1. The Kier molecular flexibility index (Phi) is 3.84. The van der Waals surface area contributed by atoms with Gasteiger partial charge in [-0.25, -0.2) is 0 Å². The monoisotopic (exact) mass is 274 g/mol. The predicted octanol–water partition coefficient (Wildman–Crippen LogP) is 0.438. The van der Waals surface area contributed by atoms with Crippen LogP contribution in [0.5, 0.6) is 5.75 Å². The van der Waals surface area contributed by atoms with Gasteiger partial charge in [-0.2, -0.15) is 0 Å². The van der Waals surface area contributed by atoms with Gasteiger partial charge in [0.1, 0.15) is 5.75 Å². The summed E-state index contributed by atoms with van der Waals surface area (Å²) < 4.78 is 7.32. The molecule has 6 heteroatoms. The van der Waals surface area contributed by atoms with Crippen LogP contribution in [0.1, 0.15) is 10.4 Å². The number of ketones is 1. The van der Waals surface area contributed by atoms with Gasteiger partial charge in [-0.15, -0.1) is 0 Å². The van der Waals surface area contributed by atoms with Crippen LogP contribution in [0.3, 0.4) is 0 Å². The first-order chi connectivity index (χ1) is 9.52. The minimum Gasteiger partial charge on any atom is -0.497 e. The quantitative estimate of drug-likeness (QED) is 0.599. The second-order valence-corrected chi connectivity index (χ2v) is 4.30. The van der Waals surface area contributed by atoms with Crippen molar-refractivity contribution in [3.8, 4) is 5.75 Å². The first-order valence-electron chi connectivity index (χ1n) is 5.96. The van der Waals surface area contributed by atoms with Gasteiger partial charge in [-0.05, 0) is 12.1 Å². The highest BCUT2D eigenvalue weighted by Gasteiger charge is 2.10. The van der Waals surface area contributed by atoms with Crippen LogP contribution in [-0.4, -0.2) is 22.0 Å². The van der Waals surface area contributed by atoms with E-state index in [4.69, 9.17) is 4.74 Å². The third-order valence-corrected chi connectivity index (χ3v) is 2.94. The maximum Gasteiger partial charge on any atom is 0.316 e. The van der Waals surface area contributed by atoms with Crippen LogP contribution in [-0.2, 0) is 13.6 Å². The highest BCUT2D eigenvalue weighted by Crippen LogP contribution is 2.13. The van der Waals surface area contributed by atoms with Crippen molar-refractivity contribution in [2.24, 2.45) is 7.05 Å². The highest BCUT2D eigenvalue weighted by atomic mass is 16.5. The minimum absolute atomic E-state index is 0.178. The maximum atomic E-state index is 12.1. The summed E-state index contributed by atoms with van der Waals surface area (Å²) in [5, 5.41) is 0. The molecular weight excluding hydrogens is 260 g/mol. The summed E-state index contributed by atoms with van der Waals surface area (Å²) in [4.78, 5) is 35.3. The van der Waals surface area contributed by atoms with Crippen molar-refractivity contribution < 1.29 is 9.53 Å². The molecule has 0 atom stereocenters. The Morgan fingerprint density at radius 1 is 1.20 bits per heavy atom. The molecule has 0 aliphatic rings. The summed E-state index contributed by atoms with van der Waals surface area (Å²) in [5.41, 5.74) is -0.950. The first-order valence-corrected chi connectivity index (χ1v) is 5.96. The highest BCUT2D eigenvalue weighted by molar-refractivity contribution is 5.96. The predicted molar refractivity (Wildman–Crippen MR) is 73.3 cm³/mol. The lowest BCUT2D eigenvalue weighted by Crippen LogP contribution is -2.40. The van der Waals surface area contributed by atoms with E-state index in [-0.39, 0.29) is 12.3 Å². The summed E-state index contributed by atoms with van der Waals surface area (Å²) in [6, 6.07) is 6.64. The van der Waals surface area contributed by atoms with Crippen molar-refractivity contribution in [3.05, 3.63) is 62.9 Å². The van der Waals surface area contributed by atoms with Gasteiger partial charge in [0.2, 0.25) is 0 Å². The fraction of sp³-hybridized carbons (Fsp3) is 0.214. The van der Waals surface area contributed by atoms with Crippen LogP contribution >= 0.6 is 0 Å². The van der Waals surface area contributed by atoms with Crippen molar-refractivity contribution in [2.45, 2.75) is 6.54 Å². The molecule has 2 aromatic rings. The maximum absolute atomic E-state index is 12.1. The molecule has 20 heavy (non-hydrogen) atoms. The summed E-state index contributed by atoms with van der Waals surface area (Å²) in [7, 11) is 2.99. The molecule has 0 unspecified atom stereocenters. The van der Waals surface area contributed by atoms with Crippen molar-refractivity contribution in [3.63, 3.8) is 0 Å². The Balaban J connectivity index is 2.30. The fourth-order valence-electron chi connectivity index (χ4n) is 1.76. The second kappa shape index (κ2) is 5.56. The molecule has 1 aromatic heterocycles. The van der Waals surface area contributed by atoms with Crippen LogP contribution in [0, 0.1) is 0 Å². The Morgan fingerprint density at radius 3 is 2.65 bits per heavy atom. The van der Waals surface area contributed by atoms with Gasteiger partial charge in [0.05, 0.1) is 13.7 Å². The van der Waals surface area contributed by atoms with Gasteiger partial charge in [0.15, 0.2) is 5.78 Å². The molecule has 0 fully saturated rings. The number of methoxy groups -OCH3 is 1. The molecule has 6 nitrogen and oxygen atoms in total. The van der Waals surface area contributed by atoms with E-state index in [1.54, 1.807) is 24.3 Å². The van der Waals surface area contributed by atoms with Gasteiger partial charge >= 0.3 is 11.1 Å². The van der Waals surface area contributed by atoms with Crippen molar-refractivity contribution in [1.82, 2.24) is 9.13 Å². The van der Waals surface area contributed by atoms with Crippen molar-refractivity contribution in [2.75, 3.05) is 7.11 Å². The zero-order valence-electron chi connectivity index (χ0n) is 11.2. The Bertz CT molecular complexity index is 758. The Labute approximate surface area is 114 Å². The molecule has 0 aliphatic carbocycles. The van der Waals surface area contributed by atoms with Crippen LogP contribution in [0.2, 0.25) is 0 Å². The number of hydrogen-bond acceptors (Lipinski definition) is 4. The number of rotatable bonds is 4. The largest absolute Gasteiger partial charge is 0.497 e. The number of carbonyl (C=O) groups excluding carboxylic acids is 1. The van der Waals surface area contributed by atoms with Gasteiger partial charge < -0.3 is 13.9 Å². The Morgan fingerprint density at radius 2 is 1.95 bits per heavy atom. The zero-order chi connectivity index (χ0) is 14.7. The average Bonchev–Trinajstić information content (AvgIpc) is 2.48. The fourth-order valence-corrected chi connectivity index (χ4v) is 1.76. The number of hydrogen-bond donors (Lipinski definition) is 0. The summed E-state index contributed by atoms with van der Waals surface area (Å²) in [5.74, 6) is 0.298. The molecule has 2 rings (SSSR count). The topological polar surface area (TPSA) is 70.3 Å². The summed E-state index contributed by atoms with van der Waals surface area (Å²) >= 11 is 0. The first kappa shape index (κ1) is 13.8.